The zero-order valence-corrected chi connectivity index (χ0v) is 18.1. The lowest BCUT2D eigenvalue weighted by Crippen LogP contribution is -2.71. The summed E-state index contributed by atoms with van der Waals surface area (Å²) in [5.74, 6) is -0.268. The van der Waals surface area contributed by atoms with Crippen molar-refractivity contribution in [2.75, 3.05) is 5.32 Å². The molecule has 1 aromatic carbocycles. The van der Waals surface area contributed by atoms with Crippen molar-refractivity contribution in [3.8, 4) is 11.1 Å². The van der Waals surface area contributed by atoms with E-state index in [0.717, 1.165) is 27.8 Å². The average molecular weight is 418 g/mol. The van der Waals surface area contributed by atoms with Crippen LogP contribution in [0.15, 0.2) is 48.5 Å². The predicted molar refractivity (Wildman–Crippen MR) is 117 cm³/mol. The minimum absolute atomic E-state index is 0.0764. The third kappa shape index (κ3) is 3.66. The molecule has 0 saturated heterocycles. The quantitative estimate of drug-likeness (QED) is 0.505. The fraction of sp³-hybridized carbons (Fsp3) is 0.360. The lowest BCUT2D eigenvalue weighted by atomic mass is 9.69. The molecule has 6 heteroatoms. The zero-order valence-electron chi connectivity index (χ0n) is 18.1. The molecule has 1 saturated carbocycles. The summed E-state index contributed by atoms with van der Waals surface area (Å²) >= 11 is 0. The maximum absolute atomic E-state index is 13.1. The van der Waals surface area contributed by atoms with E-state index in [2.05, 4.69) is 37.4 Å². The van der Waals surface area contributed by atoms with Gasteiger partial charge in [-0.1, -0.05) is 44.2 Å². The number of benzene rings is 1. The number of fused-ring (bicyclic) bond motifs is 1. The first-order valence-corrected chi connectivity index (χ1v) is 10.6. The number of hydrogen-bond donors (Lipinski definition) is 1. The van der Waals surface area contributed by atoms with Crippen LogP contribution >= 0.6 is 0 Å². The van der Waals surface area contributed by atoms with Crippen LogP contribution in [0, 0.1) is 24.0 Å². The number of hydrogen-bond acceptors (Lipinski definition) is 5. The SMILES string of the molecule is Cc1cc(C2C([O-])C(Nc3cccc([N+](=O)[O-])c3)C2[O-])c2c(C)ccc(C(C)C)cc1-2. The second-order valence-electron chi connectivity index (χ2n) is 8.82. The first kappa shape index (κ1) is 21.3. The lowest BCUT2D eigenvalue weighted by molar-refractivity contribution is -0.530. The highest BCUT2D eigenvalue weighted by Gasteiger charge is 2.40. The van der Waals surface area contributed by atoms with Gasteiger partial charge >= 0.3 is 0 Å². The summed E-state index contributed by atoms with van der Waals surface area (Å²) in [7, 11) is 0. The predicted octanol–water partition coefficient (Wildman–Crippen LogP) is 3.48. The molecule has 0 bridgehead atoms. The molecule has 1 fully saturated rings. The molecule has 3 aliphatic carbocycles. The van der Waals surface area contributed by atoms with Gasteiger partial charge in [0, 0.05) is 23.9 Å². The molecule has 1 aromatic rings. The molecule has 31 heavy (non-hydrogen) atoms. The van der Waals surface area contributed by atoms with Crippen molar-refractivity contribution >= 4 is 11.4 Å². The highest BCUT2D eigenvalue weighted by atomic mass is 16.6. The van der Waals surface area contributed by atoms with Gasteiger partial charge in [0.2, 0.25) is 0 Å². The first-order chi connectivity index (χ1) is 14.7. The minimum Gasteiger partial charge on any atom is -0.850 e. The van der Waals surface area contributed by atoms with Crippen molar-refractivity contribution in [3.05, 3.63) is 80.9 Å². The molecule has 0 amide bonds. The molecule has 162 valence electrons. The van der Waals surface area contributed by atoms with E-state index in [9.17, 15) is 20.3 Å². The Kier molecular flexibility index (Phi) is 5.45. The number of rotatable bonds is 5. The van der Waals surface area contributed by atoms with Gasteiger partial charge in [-0.25, -0.2) is 0 Å². The van der Waals surface area contributed by atoms with Crippen LogP contribution in [0.4, 0.5) is 11.4 Å². The molecule has 0 aliphatic heterocycles. The first-order valence-electron chi connectivity index (χ1n) is 10.6. The number of nitrogens with zero attached hydrogens (tertiary/aromatic N) is 1. The number of non-ortho nitro benzene ring substituents is 1. The van der Waals surface area contributed by atoms with Crippen LogP contribution in [0.1, 0.15) is 47.9 Å². The summed E-state index contributed by atoms with van der Waals surface area (Å²) < 4.78 is 0. The second-order valence-corrected chi connectivity index (χ2v) is 8.82. The van der Waals surface area contributed by atoms with Crippen LogP contribution in [0.5, 0.6) is 0 Å². The Balaban J connectivity index is 1.64. The van der Waals surface area contributed by atoms with Gasteiger partial charge in [-0.05, 0) is 65.1 Å². The molecular formula is C25H26N2O4-2. The van der Waals surface area contributed by atoms with Gasteiger partial charge in [0.1, 0.15) is 0 Å². The van der Waals surface area contributed by atoms with E-state index in [-0.39, 0.29) is 5.69 Å². The van der Waals surface area contributed by atoms with Crippen LogP contribution in [0.2, 0.25) is 0 Å². The van der Waals surface area contributed by atoms with Gasteiger partial charge in [-0.3, -0.25) is 10.1 Å². The number of aryl methyl sites for hydroxylation is 2. The molecule has 2 atom stereocenters. The molecule has 6 nitrogen and oxygen atoms in total. The van der Waals surface area contributed by atoms with Crippen LogP contribution < -0.4 is 15.5 Å². The summed E-state index contributed by atoms with van der Waals surface area (Å²) in [5.41, 5.74) is 6.61. The number of anilines is 1. The number of nitro groups is 1. The summed E-state index contributed by atoms with van der Waals surface area (Å²) in [5, 5.41) is 40.1. The maximum Gasteiger partial charge on any atom is 0.271 e. The smallest absolute Gasteiger partial charge is 0.271 e. The number of nitro benzene ring substituents is 1. The molecule has 0 radical (unpaired) electrons. The molecule has 3 aliphatic rings. The van der Waals surface area contributed by atoms with Gasteiger partial charge in [0.25, 0.3) is 5.69 Å². The average Bonchev–Trinajstić information content (AvgIpc) is 2.92. The molecule has 2 unspecified atom stereocenters. The van der Waals surface area contributed by atoms with E-state index in [0.29, 0.717) is 11.6 Å². The normalized spacial score (nSPS) is 23.1. The highest BCUT2D eigenvalue weighted by molar-refractivity contribution is 5.79. The van der Waals surface area contributed by atoms with Crippen LogP contribution in [0.3, 0.4) is 0 Å². The monoisotopic (exact) mass is 418 g/mol. The topological polar surface area (TPSA) is 101 Å². The van der Waals surface area contributed by atoms with E-state index in [1.807, 2.05) is 19.9 Å². The van der Waals surface area contributed by atoms with Gasteiger partial charge in [0.05, 0.1) is 4.92 Å². The zero-order chi connectivity index (χ0) is 22.4. The number of nitrogens with one attached hydrogen (secondary N) is 1. The lowest BCUT2D eigenvalue weighted by Gasteiger charge is -2.61. The van der Waals surface area contributed by atoms with Crippen LogP contribution in [-0.2, 0) is 0 Å². The molecule has 4 rings (SSSR count). The molecule has 0 spiro atoms. The largest absolute Gasteiger partial charge is 0.850 e. The van der Waals surface area contributed by atoms with Crippen molar-refractivity contribution in [2.45, 2.75) is 57.8 Å². The van der Waals surface area contributed by atoms with Crippen molar-refractivity contribution in [2.24, 2.45) is 0 Å². The molecule has 1 N–H and O–H groups in total. The maximum atomic E-state index is 13.1. The van der Waals surface area contributed by atoms with E-state index in [1.54, 1.807) is 12.1 Å². The Morgan fingerprint density at radius 3 is 2.32 bits per heavy atom. The van der Waals surface area contributed by atoms with Crippen molar-refractivity contribution in [3.63, 3.8) is 0 Å². The fourth-order valence-corrected chi connectivity index (χ4v) is 4.60. The molecule has 0 heterocycles. The van der Waals surface area contributed by atoms with Gasteiger partial charge in [-0.2, -0.15) is 0 Å². The van der Waals surface area contributed by atoms with E-state index in [1.165, 1.54) is 17.7 Å². The van der Waals surface area contributed by atoms with Crippen LogP contribution in [0.25, 0.3) is 11.1 Å². The standard InChI is InChI=1S/C25H26N2O4/c1-13(2)16-9-8-14(3)21-19(11-16)15(4)10-20(21)22-24(28)23(25(22)29)26-17-6-5-7-18(12-17)27(30)31/h5-13,22-26H,1-4H3/q-2. The van der Waals surface area contributed by atoms with Gasteiger partial charge < -0.3 is 15.5 Å². The Bertz CT molecular complexity index is 1100. The fourth-order valence-electron chi connectivity index (χ4n) is 4.60. The van der Waals surface area contributed by atoms with Crippen LogP contribution in [-0.4, -0.2) is 23.2 Å². The molecule has 0 aromatic heterocycles. The van der Waals surface area contributed by atoms with E-state index in [4.69, 9.17) is 0 Å². The van der Waals surface area contributed by atoms with Gasteiger partial charge in [-0.15, -0.1) is 12.2 Å². The van der Waals surface area contributed by atoms with Crippen molar-refractivity contribution in [1.29, 1.82) is 0 Å². The van der Waals surface area contributed by atoms with E-state index >= 15 is 0 Å². The summed E-state index contributed by atoms with van der Waals surface area (Å²) in [4.78, 5) is 10.5. The summed E-state index contributed by atoms with van der Waals surface area (Å²) in [6.07, 6.45) is -2.25. The third-order valence-corrected chi connectivity index (χ3v) is 6.42. The second kappa shape index (κ2) is 7.94. The summed E-state index contributed by atoms with van der Waals surface area (Å²) in [6, 6.07) is 13.4. The Hall–Kier alpha value is -2.96. The minimum atomic E-state index is -1.12. The highest BCUT2D eigenvalue weighted by Crippen LogP contribution is 2.46. The third-order valence-electron chi connectivity index (χ3n) is 6.42. The Labute approximate surface area is 182 Å². The van der Waals surface area contributed by atoms with E-state index < -0.39 is 29.1 Å². The Morgan fingerprint density at radius 1 is 0.968 bits per heavy atom. The van der Waals surface area contributed by atoms with Crippen molar-refractivity contribution in [1.82, 2.24) is 0 Å². The summed E-state index contributed by atoms with van der Waals surface area (Å²) in [6.45, 7) is 8.33. The Morgan fingerprint density at radius 2 is 1.68 bits per heavy atom. The van der Waals surface area contributed by atoms with Gasteiger partial charge in [0.15, 0.2) is 0 Å². The molecular weight excluding hydrogens is 392 g/mol. The van der Waals surface area contributed by atoms with Crippen molar-refractivity contribution < 1.29 is 15.1 Å².